The minimum atomic E-state index is 0.870. The summed E-state index contributed by atoms with van der Waals surface area (Å²) in [6.07, 6.45) is 0. The molecule has 0 atom stereocenters. The van der Waals surface area contributed by atoms with E-state index in [2.05, 4.69) is 48.7 Å². The second-order valence-electron chi connectivity index (χ2n) is 4.59. The molecule has 1 heterocycles. The molecule has 3 heteroatoms. The molecule has 0 aliphatic rings. The zero-order valence-electron chi connectivity index (χ0n) is 10.7. The lowest BCUT2D eigenvalue weighted by Gasteiger charge is -2.06. The first-order valence-electron chi connectivity index (χ1n) is 6.18. The van der Waals surface area contributed by atoms with Gasteiger partial charge in [-0.2, -0.15) is 0 Å². The molecule has 3 rings (SSSR count). The van der Waals surface area contributed by atoms with Crippen molar-refractivity contribution in [2.75, 3.05) is 5.73 Å². The smallest absolute Gasteiger partial charge is 0.0452 e. The van der Waals surface area contributed by atoms with Gasteiger partial charge in [-0.05, 0) is 47.0 Å². The summed E-state index contributed by atoms with van der Waals surface area (Å²) >= 11 is 3.63. The fourth-order valence-electron chi connectivity index (χ4n) is 2.07. The maximum absolute atomic E-state index is 6.02. The summed E-state index contributed by atoms with van der Waals surface area (Å²) in [6, 6.07) is 14.8. The molecule has 0 unspecified atom stereocenters. The van der Waals surface area contributed by atoms with Crippen LogP contribution in [0.4, 0.5) is 5.69 Å². The van der Waals surface area contributed by atoms with E-state index in [0.717, 1.165) is 11.4 Å². The first-order chi connectivity index (χ1) is 9.24. The van der Waals surface area contributed by atoms with Crippen LogP contribution in [0.25, 0.3) is 10.1 Å². The van der Waals surface area contributed by atoms with Crippen LogP contribution in [-0.4, -0.2) is 0 Å². The van der Waals surface area contributed by atoms with Crippen molar-refractivity contribution >= 4 is 38.9 Å². The first kappa shape index (κ1) is 12.6. The molecule has 96 valence electrons. The summed E-state index contributed by atoms with van der Waals surface area (Å²) in [5, 5.41) is 3.62. The number of thioether (sulfide) groups is 1. The Balaban J connectivity index is 1.84. The number of thiophene rings is 1. The second-order valence-corrected chi connectivity index (χ2v) is 6.52. The van der Waals surface area contributed by atoms with E-state index in [1.54, 1.807) is 0 Å². The van der Waals surface area contributed by atoms with Crippen LogP contribution in [0.2, 0.25) is 0 Å². The van der Waals surface area contributed by atoms with Crippen LogP contribution in [0.5, 0.6) is 0 Å². The molecule has 3 aromatic rings. The van der Waals surface area contributed by atoms with Gasteiger partial charge in [0.1, 0.15) is 0 Å². The fraction of sp³-hybridized carbons (Fsp3) is 0.125. The molecule has 0 aliphatic carbocycles. The van der Waals surface area contributed by atoms with E-state index in [0.29, 0.717) is 0 Å². The number of hydrogen-bond acceptors (Lipinski definition) is 3. The molecule has 2 aromatic carbocycles. The third-order valence-electron chi connectivity index (χ3n) is 3.11. The lowest BCUT2D eigenvalue weighted by Crippen LogP contribution is -1.89. The minimum absolute atomic E-state index is 0.870. The molecule has 0 radical (unpaired) electrons. The molecule has 0 bridgehead atoms. The molecule has 0 aliphatic heterocycles. The van der Waals surface area contributed by atoms with Crippen molar-refractivity contribution in [2.24, 2.45) is 0 Å². The van der Waals surface area contributed by atoms with Crippen molar-refractivity contribution in [1.82, 2.24) is 0 Å². The molecule has 1 nitrogen and oxygen atoms in total. The molecule has 0 fully saturated rings. The first-order valence-corrected chi connectivity index (χ1v) is 8.04. The average molecular weight is 285 g/mol. The van der Waals surface area contributed by atoms with Crippen LogP contribution in [0.15, 0.2) is 52.7 Å². The molecular weight excluding hydrogens is 270 g/mol. The van der Waals surface area contributed by atoms with Gasteiger partial charge in [-0.1, -0.05) is 24.3 Å². The van der Waals surface area contributed by atoms with E-state index in [9.17, 15) is 0 Å². The summed E-state index contributed by atoms with van der Waals surface area (Å²) in [4.78, 5) is 1.18. The van der Waals surface area contributed by atoms with Crippen LogP contribution >= 0.6 is 23.1 Å². The average Bonchev–Trinajstić information content (AvgIpc) is 2.83. The van der Waals surface area contributed by atoms with Crippen LogP contribution in [-0.2, 0) is 5.75 Å². The Morgan fingerprint density at radius 1 is 1.16 bits per heavy atom. The third-order valence-corrected chi connectivity index (χ3v) is 5.25. The number of benzene rings is 2. The van der Waals surface area contributed by atoms with Gasteiger partial charge in [0.25, 0.3) is 0 Å². The molecule has 0 saturated carbocycles. The van der Waals surface area contributed by atoms with E-state index >= 15 is 0 Å². The second kappa shape index (κ2) is 5.27. The number of nitrogen functional groups attached to an aromatic ring is 1. The van der Waals surface area contributed by atoms with Gasteiger partial charge in [0.15, 0.2) is 0 Å². The highest BCUT2D eigenvalue weighted by atomic mass is 32.2. The lowest BCUT2D eigenvalue weighted by molar-refractivity contribution is 1.35. The van der Waals surface area contributed by atoms with Crippen molar-refractivity contribution in [3.63, 3.8) is 0 Å². The number of aryl methyl sites for hydroxylation is 1. The number of rotatable bonds is 3. The fourth-order valence-corrected chi connectivity index (χ4v) is 4.19. The van der Waals surface area contributed by atoms with Gasteiger partial charge < -0.3 is 5.73 Å². The monoisotopic (exact) mass is 285 g/mol. The van der Waals surface area contributed by atoms with Crippen LogP contribution in [0, 0.1) is 6.92 Å². The highest BCUT2D eigenvalue weighted by Crippen LogP contribution is 2.33. The molecule has 0 amide bonds. The van der Waals surface area contributed by atoms with Gasteiger partial charge in [-0.15, -0.1) is 23.1 Å². The Hall–Kier alpha value is -1.45. The highest BCUT2D eigenvalue weighted by molar-refractivity contribution is 7.98. The number of nitrogens with two attached hydrogens (primary N) is 1. The van der Waals surface area contributed by atoms with Gasteiger partial charge in [0.05, 0.1) is 0 Å². The Labute approximate surface area is 121 Å². The van der Waals surface area contributed by atoms with Crippen molar-refractivity contribution < 1.29 is 0 Å². The Kier molecular flexibility index (Phi) is 3.49. The normalized spacial score (nSPS) is 11.0. The van der Waals surface area contributed by atoms with E-state index in [1.165, 1.54) is 26.1 Å². The predicted molar refractivity (Wildman–Crippen MR) is 87.0 cm³/mol. The van der Waals surface area contributed by atoms with Crippen LogP contribution < -0.4 is 5.73 Å². The van der Waals surface area contributed by atoms with Gasteiger partial charge in [-0.25, -0.2) is 0 Å². The summed E-state index contributed by atoms with van der Waals surface area (Å²) < 4.78 is 1.36. The standard InChI is InChI=1S/C16H15NS2/c1-11-6-7-14(17)16(8-11)19-10-12-9-18-15-5-3-2-4-13(12)15/h2-9H,10,17H2,1H3. The van der Waals surface area contributed by atoms with Crippen molar-refractivity contribution in [1.29, 1.82) is 0 Å². The van der Waals surface area contributed by atoms with Gasteiger partial charge in [0, 0.05) is 21.0 Å². The maximum atomic E-state index is 6.02. The topological polar surface area (TPSA) is 26.0 Å². The molecule has 0 spiro atoms. The van der Waals surface area contributed by atoms with Crippen molar-refractivity contribution in [3.8, 4) is 0 Å². The van der Waals surface area contributed by atoms with Crippen molar-refractivity contribution in [3.05, 3.63) is 59.0 Å². The summed E-state index contributed by atoms with van der Waals surface area (Å²) in [5.74, 6) is 0.970. The zero-order valence-corrected chi connectivity index (χ0v) is 12.4. The number of hydrogen-bond donors (Lipinski definition) is 1. The quantitative estimate of drug-likeness (QED) is 0.536. The highest BCUT2D eigenvalue weighted by Gasteiger charge is 2.06. The Morgan fingerprint density at radius 2 is 2.00 bits per heavy atom. The molecule has 19 heavy (non-hydrogen) atoms. The van der Waals surface area contributed by atoms with Crippen LogP contribution in [0.3, 0.4) is 0 Å². The number of anilines is 1. The van der Waals surface area contributed by atoms with Gasteiger partial charge in [0.2, 0.25) is 0 Å². The summed E-state index contributed by atoms with van der Waals surface area (Å²) in [5.41, 5.74) is 9.55. The number of fused-ring (bicyclic) bond motifs is 1. The predicted octanol–water partition coefficient (Wildman–Crippen LogP) is 5.08. The minimum Gasteiger partial charge on any atom is -0.398 e. The summed E-state index contributed by atoms with van der Waals surface area (Å²) in [6.45, 7) is 2.10. The summed E-state index contributed by atoms with van der Waals surface area (Å²) in [7, 11) is 0. The van der Waals surface area contributed by atoms with E-state index in [-0.39, 0.29) is 0 Å². The third kappa shape index (κ3) is 2.62. The van der Waals surface area contributed by atoms with Crippen LogP contribution in [0.1, 0.15) is 11.1 Å². The Bertz CT molecular complexity index is 716. The van der Waals surface area contributed by atoms with Gasteiger partial charge in [-0.3, -0.25) is 0 Å². The Morgan fingerprint density at radius 3 is 2.89 bits per heavy atom. The largest absolute Gasteiger partial charge is 0.398 e. The SMILES string of the molecule is Cc1ccc(N)c(SCc2csc3ccccc23)c1. The van der Waals surface area contributed by atoms with Crippen molar-refractivity contribution in [2.45, 2.75) is 17.6 Å². The molecule has 0 saturated heterocycles. The zero-order chi connectivity index (χ0) is 13.2. The molecular formula is C16H15NS2. The van der Waals surface area contributed by atoms with Gasteiger partial charge >= 0.3 is 0 Å². The van der Waals surface area contributed by atoms with E-state index in [4.69, 9.17) is 5.73 Å². The maximum Gasteiger partial charge on any atom is 0.0452 e. The van der Waals surface area contributed by atoms with E-state index < -0.39 is 0 Å². The molecule has 1 aromatic heterocycles. The molecule has 2 N–H and O–H groups in total. The lowest BCUT2D eigenvalue weighted by atomic mass is 10.2. The van der Waals surface area contributed by atoms with E-state index in [1.807, 2.05) is 29.2 Å².